The Bertz CT molecular complexity index is 903. The number of thiazole rings is 1. The summed E-state index contributed by atoms with van der Waals surface area (Å²) in [7, 11) is 0. The molecule has 1 aliphatic heterocycles. The Balaban J connectivity index is 1.35. The Morgan fingerprint density at radius 3 is 2.61 bits per heavy atom. The first kappa shape index (κ1) is 18.7. The molecule has 0 radical (unpaired) electrons. The number of amides is 1. The average molecular weight is 394 g/mol. The summed E-state index contributed by atoms with van der Waals surface area (Å²) < 4.78 is 5.83. The number of aromatic nitrogens is 1. The van der Waals surface area contributed by atoms with Gasteiger partial charge in [-0.15, -0.1) is 11.3 Å². The molecule has 1 fully saturated rings. The highest BCUT2D eigenvalue weighted by molar-refractivity contribution is 7.14. The van der Waals surface area contributed by atoms with Crippen LogP contribution in [0, 0.1) is 5.92 Å². The summed E-state index contributed by atoms with van der Waals surface area (Å²) in [6.07, 6.45) is 1.77. The number of hydrogen-bond acceptors (Lipinski definition) is 5. The number of nitrogens with one attached hydrogen (secondary N) is 2. The lowest BCUT2D eigenvalue weighted by Gasteiger charge is -2.20. The second kappa shape index (κ2) is 8.99. The van der Waals surface area contributed by atoms with Gasteiger partial charge < -0.3 is 15.4 Å². The first-order chi connectivity index (χ1) is 13.8. The SMILES string of the molecule is O=C(Nc1nc(-c2ccc(OCc3ccccc3)cc2)cs1)C1CCNCC1. The number of benzene rings is 2. The molecule has 144 valence electrons. The lowest BCUT2D eigenvalue weighted by molar-refractivity contribution is -0.120. The lowest BCUT2D eigenvalue weighted by Crippen LogP contribution is -2.34. The minimum Gasteiger partial charge on any atom is -0.489 e. The van der Waals surface area contributed by atoms with E-state index in [1.165, 1.54) is 11.3 Å². The Morgan fingerprint density at radius 1 is 1.11 bits per heavy atom. The molecule has 1 amide bonds. The van der Waals surface area contributed by atoms with Crippen LogP contribution in [-0.4, -0.2) is 24.0 Å². The molecule has 1 aliphatic rings. The molecule has 1 aromatic heterocycles. The summed E-state index contributed by atoms with van der Waals surface area (Å²) >= 11 is 1.46. The van der Waals surface area contributed by atoms with Gasteiger partial charge in [0, 0.05) is 16.9 Å². The molecule has 5 nitrogen and oxygen atoms in total. The van der Waals surface area contributed by atoms with E-state index >= 15 is 0 Å². The van der Waals surface area contributed by atoms with Crippen molar-refractivity contribution in [2.75, 3.05) is 18.4 Å². The van der Waals surface area contributed by atoms with Crippen LogP contribution in [0.1, 0.15) is 18.4 Å². The van der Waals surface area contributed by atoms with Gasteiger partial charge in [0.15, 0.2) is 5.13 Å². The van der Waals surface area contributed by atoms with Crippen molar-refractivity contribution in [3.8, 4) is 17.0 Å². The molecule has 28 heavy (non-hydrogen) atoms. The molecule has 0 atom stereocenters. The summed E-state index contributed by atoms with van der Waals surface area (Å²) in [4.78, 5) is 16.9. The minimum absolute atomic E-state index is 0.0760. The van der Waals surface area contributed by atoms with Crippen LogP contribution in [0.4, 0.5) is 5.13 Å². The highest BCUT2D eigenvalue weighted by Gasteiger charge is 2.21. The maximum absolute atomic E-state index is 12.4. The average Bonchev–Trinajstić information content (AvgIpc) is 3.22. The number of carbonyl (C=O) groups excluding carboxylic acids is 1. The molecular formula is C22H23N3O2S. The molecule has 2 N–H and O–H groups in total. The van der Waals surface area contributed by atoms with Gasteiger partial charge >= 0.3 is 0 Å². The summed E-state index contributed by atoms with van der Waals surface area (Å²) in [6.45, 7) is 2.35. The van der Waals surface area contributed by atoms with Crippen LogP contribution in [0.15, 0.2) is 60.0 Å². The summed E-state index contributed by atoms with van der Waals surface area (Å²) in [5.41, 5.74) is 3.01. The summed E-state index contributed by atoms with van der Waals surface area (Å²) in [5, 5.41) is 8.87. The van der Waals surface area contributed by atoms with Crippen molar-refractivity contribution in [3.05, 3.63) is 65.5 Å². The van der Waals surface area contributed by atoms with Gasteiger partial charge in [0.25, 0.3) is 0 Å². The van der Waals surface area contributed by atoms with Crippen molar-refractivity contribution in [1.82, 2.24) is 10.3 Å². The lowest BCUT2D eigenvalue weighted by atomic mass is 9.97. The number of rotatable bonds is 6. The van der Waals surface area contributed by atoms with Gasteiger partial charge in [-0.05, 0) is 55.8 Å². The zero-order chi connectivity index (χ0) is 19.2. The van der Waals surface area contributed by atoms with Gasteiger partial charge in [-0.25, -0.2) is 4.98 Å². The van der Waals surface area contributed by atoms with Crippen LogP contribution in [0.2, 0.25) is 0 Å². The first-order valence-corrected chi connectivity index (χ1v) is 10.4. The maximum Gasteiger partial charge on any atom is 0.229 e. The van der Waals surface area contributed by atoms with E-state index in [0.717, 1.165) is 48.5 Å². The summed E-state index contributed by atoms with van der Waals surface area (Å²) in [6, 6.07) is 18.0. The van der Waals surface area contributed by atoms with Gasteiger partial charge in [0.2, 0.25) is 5.91 Å². The minimum atomic E-state index is 0.0760. The fourth-order valence-electron chi connectivity index (χ4n) is 3.22. The van der Waals surface area contributed by atoms with E-state index < -0.39 is 0 Å². The third-order valence-corrected chi connectivity index (χ3v) is 5.60. The third-order valence-electron chi connectivity index (χ3n) is 4.84. The van der Waals surface area contributed by atoms with E-state index in [1.54, 1.807) is 0 Å². The molecule has 0 spiro atoms. The van der Waals surface area contributed by atoms with Gasteiger partial charge in [-0.3, -0.25) is 4.79 Å². The maximum atomic E-state index is 12.4. The molecule has 0 aliphatic carbocycles. The van der Waals surface area contributed by atoms with Crippen molar-refractivity contribution < 1.29 is 9.53 Å². The van der Waals surface area contributed by atoms with Crippen LogP contribution in [0.25, 0.3) is 11.3 Å². The van der Waals surface area contributed by atoms with Crippen LogP contribution < -0.4 is 15.4 Å². The van der Waals surface area contributed by atoms with Crippen LogP contribution in [0.5, 0.6) is 5.75 Å². The normalized spacial score (nSPS) is 14.6. The monoisotopic (exact) mass is 393 g/mol. The van der Waals surface area contributed by atoms with E-state index in [1.807, 2.05) is 60.0 Å². The highest BCUT2D eigenvalue weighted by atomic mass is 32.1. The molecule has 2 heterocycles. The second-order valence-corrected chi connectivity index (χ2v) is 7.71. The van der Waals surface area contributed by atoms with E-state index in [0.29, 0.717) is 11.7 Å². The number of piperidine rings is 1. The van der Waals surface area contributed by atoms with Gasteiger partial charge in [0.1, 0.15) is 12.4 Å². The van der Waals surface area contributed by atoms with E-state index in [2.05, 4.69) is 15.6 Å². The molecule has 4 rings (SSSR count). The summed E-state index contributed by atoms with van der Waals surface area (Å²) in [5.74, 6) is 0.976. The molecule has 0 saturated carbocycles. The Hall–Kier alpha value is -2.70. The number of ether oxygens (including phenoxy) is 1. The van der Waals surface area contributed by atoms with E-state index in [9.17, 15) is 4.79 Å². The van der Waals surface area contributed by atoms with Crippen LogP contribution >= 0.6 is 11.3 Å². The van der Waals surface area contributed by atoms with Crippen molar-refractivity contribution in [3.63, 3.8) is 0 Å². The largest absolute Gasteiger partial charge is 0.489 e. The Labute approximate surface area is 168 Å². The zero-order valence-corrected chi connectivity index (χ0v) is 16.4. The number of carbonyl (C=O) groups is 1. The van der Waals surface area contributed by atoms with Crippen molar-refractivity contribution >= 4 is 22.4 Å². The predicted octanol–water partition coefficient (Wildman–Crippen LogP) is 4.33. The number of hydrogen-bond donors (Lipinski definition) is 2. The molecule has 0 unspecified atom stereocenters. The second-order valence-electron chi connectivity index (χ2n) is 6.85. The zero-order valence-electron chi connectivity index (χ0n) is 15.6. The highest BCUT2D eigenvalue weighted by Crippen LogP contribution is 2.27. The van der Waals surface area contributed by atoms with Crippen molar-refractivity contribution in [2.45, 2.75) is 19.4 Å². The molecule has 1 saturated heterocycles. The van der Waals surface area contributed by atoms with Gasteiger partial charge in [-0.1, -0.05) is 30.3 Å². The van der Waals surface area contributed by atoms with Gasteiger partial charge in [-0.2, -0.15) is 0 Å². The fraction of sp³-hybridized carbons (Fsp3) is 0.273. The number of anilines is 1. The fourth-order valence-corrected chi connectivity index (χ4v) is 3.94. The molecule has 3 aromatic rings. The quantitative estimate of drug-likeness (QED) is 0.654. The number of nitrogens with zero attached hydrogens (tertiary/aromatic N) is 1. The first-order valence-electron chi connectivity index (χ1n) is 9.52. The topological polar surface area (TPSA) is 63.2 Å². The van der Waals surface area contributed by atoms with Gasteiger partial charge in [0.05, 0.1) is 5.69 Å². The van der Waals surface area contributed by atoms with E-state index in [4.69, 9.17) is 4.74 Å². The molecule has 2 aromatic carbocycles. The van der Waals surface area contributed by atoms with E-state index in [-0.39, 0.29) is 11.8 Å². The standard InChI is InChI=1S/C22H23N3O2S/c26-21(18-10-12-23-13-11-18)25-22-24-20(15-28-22)17-6-8-19(9-7-17)27-14-16-4-2-1-3-5-16/h1-9,15,18,23H,10-14H2,(H,24,25,26). The molecule has 6 heteroatoms. The molecule has 0 bridgehead atoms. The van der Waals surface area contributed by atoms with Crippen LogP contribution in [0.3, 0.4) is 0 Å². The van der Waals surface area contributed by atoms with Crippen LogP contribution in [-0.2, 0) is 11.4 Å². The third kappa shape index (κ3) is 4.77. The predicted molar refractivity (Wildman–Crippen MR) is 113 cm³/mol. The molecular weight excluding hydrogens is 370 g/mol. The Morgan fingerprint density at radius 2 is 1.86 bits per heavy atom. The van der Waals surface area contributed by atoms with Crippen molar-refractivity contribution in [2.24, 2.45) is 5.92 Å². The van der Waals surface area contributed by atoms with Crippen molar-refractivity contribution in [1.29, 1.82) is 0 Å². The smallest absolute Gasteiger partial charge is 0.229 e. The Kier molecular flexibility index (Phi) is 5.99.